The summed E-state index contributed by atoms with van der Waals surface area (Å²) in [5.41, 5.74) is 4.01. The molecule has 0 saturated carbocycles. The van der Waals surface area contributed by atoms with Crippen LogP contribution in [0.3, 0.4) is 0 Å². The second-order valence-electron chi connectivity index (χ2n) is 5.44. The largest absolute Gasteiger partial charge is 0.507 e. The average Bonchev–Trinajstić information content (AvgIpc) is 2.52. The zero-order valence-corrected chi connectivity index (χ0v) is 12.4. The Morgan fingerprint density at radius 2 is 1.67 bits per heavy atom. The van der Waals surface area contributed by atoms with Crippen molar-refractivity contribution >= 4 is 16.5 Å². The Hall–Kier alpha value is -2.48. The van der Waals surface area contributed by atoms with Crippen LogP contribution in [-0.4, -0.2) is 5.11 Å². The maximum atomic E-state index is 9.99. The molecule has 3 rings (SSSR count). The number of phenols is 1. The zero-order valence-electron chi connectivity index (χ0n) is 12.4. The fourth-order valence-corrected chi connectivity index (χ4v) is 2.57. The molecule has 21 heavy (non-hydrogen) atoms. The van der Waals surface area contributed by atoms with E-state index in [4.69, 9.17) is 0 Å². The van der Waals surface area contributed by atoms with E-state index in [-0.39, 0.29) is 0 Å². The molecule has 0 saturated heterocycles. The second kappa shape index (κ2) is 5.49. The molecule has 0 aromatic heterocycles. The van der Waals surface area contributed by atoms with Gasteiger partial charge in [0.1, 0.15) is 5.75 Å². The van der Waals surface area contributed by atoms with Crippen LogP contribution in [0.4, 0.5) is 5.69 Å². The van der Waals surface area contributed by atoms with Crippen LogP contribution in [0.2, 0.25) is 0 Å². The minimum atomic E-state index is 0.374. The van der Waals surface area contributed by atoms with Crippen LogP contribution in [0.5, 0.6) is 5.75 Å². The van der Waals surface area contributed by atoms with Crippen molar-refractivity contribution in [1.29, 1.82) is 0 Å². The molecule has 0 bridgehead atoms. The first-order chi connectivity index (χ1) is 10.1. The molecule has 2 heteroatoms. The van der Waals surface area contributed by atoms with Gasteiger partial charge in [-0.05, 0) is 47.9 Å². The topological polar surface area (TPSA) is 32.3 Å². The smallest absolute Gasteiger partial charge is 0.123 e. The van der Waals surface area contributed by atoms with E-state index in [0.717, 1.165) is 23.4 Å². The minimum Gasteiger partial charge on any atom is -0.507 e. The molecule has 0 heterocycles. The predicted octanol–water partition coefficient (Wildman–Crippen LogP) is 4.77. The highest BCUT2D eigenvalue weighted by Crippen LogP contribution is 2.28. The van der Waals surface area contributed by atoms with Crippen molar-refractivity contribution in [3.05, 3.63) is 71.3 Å². The summed E-state index contributed by atoms with van der Waals surface area (Å²) in [7, 11) is 0. The fraction of sp³-hybridized carbons (Fsp3) is 0.158. The summed E-state index contributed by atoms with van der Waals surface area (Å²) in [6.07, 6.45) is 0. The lowest BCUT2D eigenvalue weighted by atomic mass is 10.1. The van der Waals surface area contributed by atoms with Gasteiger partial charge in [-0.25, -0.2) is 0 Å². The molecule has 0 spiro atoms. The van der Waals surface area contributed by atoms with Gasteiger partial charge in [-0.2, -0.15) is 0 Å². The average molecular weight is 277 g/mol. The van der Waals surface area contributed by atoms with E-state index in [1.807, 2.05) is 26.0 Å². The number of aryl methyl sites for hydroxylation is 1. The van der Waals surface area contributed by atoms with E-state index >= 15 is 0 Å². The highest BCUT2D eigenvalue weighted by atomic mass is 16.3. The Morgan fingerprint density at radius 1 is 0.905 bits per heavy atom. The molecule has 3 aromatic carbocycles. The van der Waals surface area contributed by atoms with Crippen LogP contribution in [0, 0.1) is 13.8 Å². The molecule has 0 aliphatic rings. The summed E-state index contributed by atoms with van der Waals surface area (Å²) < 4.78 is 0. The number of phenolic OH excluding ortho intramolecular Hbond substituents is 1. The Balaban J connectivity index is 1.82. The lowest BCUT2D eigenvalue weighted by molar-refractivity contribution is 0.467. The van der Waals surface area contributed by atoms with Crippen molar-refractivity contribution < 1.29 is 5.11 Å². The van der Waals surface area contributed by atoms with Crippen molar-refractivity contribution in [3.8, 4) is 5.75 Å². The summed E-state index contributed by atoms with van der Waals surface area (Å²) in [4.78, 5) is 0. The summed E-state index contributed by atoms with van der Waals surface area (Å²) in [5.74, 6) is 0.374. The van der Waals surface area contributed by atoms with Crippen molar-refractivity contribution in [3.63, 3.8) is 0 Å². The maximum Gasteiger partial charge on any atom is 0.123 e. The molecule has 2 N–H and O–H groups in total. The van der Waals surface area contributed by atoms with Gasteiger partial charge in [-0.15, -0.1) is 0 Å². The number of benzene rings is 3. The van der Waals surface area contributed by atoms with E-state index in [0.29, 0.717) is 5.75 Å². The van der Waals surface area contributed by atoms with E-state index in [1.165, 1.54) is 16.3 Å². The van der Waals surface area contributed by atoms with Crippen molar-refractivity contribution in [2.24, 2.45) is 0 Å². The van der Waals surface area contributed by atoms with Crippen LogP contribution >= 0.6 is 0 Å². The van der Waals surface area contributed by atoms with E-state index in [1.54, 1.807) is 0 Å². The number of aromatic hydroxyl groups is 1. The SMILES string of the molecule is Cc1ccc(NCc2ccc3ccccc3c2)c(C)c1O. The molecule has 0 aliphatic heterocycles. The van der Waals surface area contributed by atoms with Gasteiger partial charge in [0.05, 0.1) is 0 Å². The molecule has 0 atom stereocenters. The zero-order chi connectivity index (χ0) is 14.8. The summed E-state index contributed by atoms with van der Waals surface area (Å²) in [5, 5.41) is 15.9. The van der Waals surface area contributed by atoms with Gasteiger partial charge in [0.25, 0.3) is 0 Å². The van der Waals surface area contributed by atoms with Gasteiger partial charge in [-0.3, -0.25) is 0 Å². The molecule has 3 aromatic rings. The number of nitrogens with one attached hydrogen (secondary N) is 1. The number of hydrogen-bond donors (Lipinski definition) is 2. The number of fused-ring (bicyclic) bond motifs is 1. The molecule has 106 valence electrons. The highest BCUT2D eigenvalue weighted by molar-refractivity contribution is 5.83. The van der Waals surface area contributed by atoms with Gasteiger partial charge >= 0.3 is 0 Å². The van der Waals surface area contributed by atoms with Crippen LogP contribution < -0.4 is 5.32 Å². The summed E-state index contributed by atoms with van der Waals surface area (Å²) in [6, 6.07) is 18.8. The van der Waals surface area contributed by atoms with Gasteiger partial charge in [0, 0.05) is 17.8 Å². The first-order valence-electron chi connectivity index (χ1n) is 7.16. The van der Waals surface area contributed by atoms with Crippen LogP contribution in [-0.2, 0) is 6.54 Å². The Bertz CT molecular complexity index is 793. The van der Waals surface area contributed by atoms with Crippen molar-refractivity contribution in [1.82, 2.24) is 0 Å². The lowest BCUT2D eigenvalue weighted by Gasteiger charge is -2.12. The lowest BCUT2D eigenvalue weighted by Crippen LogP contribution is -2.01. The summed E-state index contributed by atoms with van der Waals surface area (Å²) in [6.45, 7) is 4.59. The van der Waals surface area contributed by atoms with Crippen molar-refractivity contribution in [2.45, 2.75) is 20.4 Å². The molecular formula is C19H19NO. The molecule has 0 aliphatic carbocycles. The Labute approximate surface area is 125 Å². The molecule has 0 amide bonds. The highest BCUT2D eigenvalue weighted by Gasteiger charge is 2.05. The number of rotatable bonds is 3. The molecule has 2 nitrogen and oxygen atoms in total. The summed E-state index contributed by atoms with van der Waals surface area (Å²) >= 11 is 0. The molecule has 0 fully saturated rings. The third kappa shape index (κ3) is 2.70. The van der Waals surface area contributed by atoms with Crippen LogP contribution in [0.15, 0.2) is 54.6 Å². The Kier molecular flexibility index (Phi) is 3.53. The fourth-order valence-electron chi connectivity index (χ4n) is 2.57. The predicted molar refractivity (Wildman–Crippen MR) is 88.9 cm³/mol. The molecular weight excluding hydrogens is 258 g/mol. The first kappa shape index (κ1) is 13.5. The third-order valence-electron chi connectivity index (χ3n) is 3.93. The quantitative estimate of drug-likeness (QED) is 0.722. The monoisotopic (exact) mass is 277 g/mol. The second-order valence-corrected chi connectivity index (χ2v) is 5.44. The molecule has 0 unspecified atom stereocenters. The van der Waals surface area contributed by atoms with E-state index in [9.17, 15) is 5.11 Å². The van der Waals surface area contributed by atoms with Crippen molar-refractivity contribution in [2.75, 3.05) is 5.32 Å². The van der Waals surface area contributed by atoms with Gasteiger partial charge in [0.2, 0.25) is 0 Å². The standard InChI is InChI=1S/C19H19NO/c1-13-7-10-18(14(2)19(13)21)20-12-15-8-9-16-5-3-4-6-17(16)11-15/h3-11,20-21H,12H2,1-2H3. The normalized spacial score (nSPS) is 10.8. The third-order valence-corrected chi connectivity index (χ3v) is 3.93. The maximum absolute atomic E-state index is 9.99. The van der Waals surface area contributed by atoms with Crippen LogP contribution in [0.1, 0.15) is 16.7 Å². The number of hydrogen-bond acceptors (Lipinski definition) is 2. The molecule has 0 radical (unpaired) electrons. The Morgan fingerprint density at radius 3 is 2.48 bits per heavy atom. The van der Waals surface area contributed by atoms with E-state index < -0.39 is 0 Å². The van der Waals surface area contributed by atoms with Gasteiger partial charge < -0.3 is 10.4 Å². The van der Waals surface area contributed by atoms with Crippen LogP contribution in [0.25, 0.3) is 10.8 Å². The van der Waals surface area contributed by atoms with Gasteiger partial charge in [0.15, 0.2) is 0 Å². The van der Waals surface area contributed by atoms with Gasteiger partial charge in [-0.1, -0.05) is 42.5 Å². The first-order valence-corrected chi connectivity index (χ1v) is 7.16. The minimum absolute atomic E-state index is 0.374. The number of anilines is 1. The van der Waals surface area contributed by atoms with E-state index in [2.05, 4.69) is 47.8 Å².